The third-order valence-electron chi connectivity index (χ3n) is 4.25. The maximum Gasteiger partial charge on any atom is 0.139 e. The maximum absolute atomic E-state index is 6.38. The molecule has 0 saturated carbocycles. The van der Waals surface area contributed by atoms with Crippen molar-refractivity contribution in [1.29, 1.82) is 0 Å². The number of unbranched alkanes of at least 4 members (excludes halogenated alkanes) is 6. The van der Waals surface area contributed by atoms with Crippen molar-refractivity contribution in [3.8, 4) is 17.1 Å². The van der Waals surface area contributed by atoms with Crippen molar-refractivity contribution in [2.45, 2.75) is 65.3 Å². The van der Waals surface area contributed by atoms with Crippen LogP contribution in [0, 0.1) is 0 Å². The Labute approximate surface area is 151 Å². The van der Waals surface area contributed by atoms with Crippen molar-refractivity contribution >= 4 is 11.6 Å². The lowest BCUT2D eigenvalue weighted by molar-refractivity contribution is 0.304. The molecule has 0 N–H and O–H groups in total. The van der Waals surface area contributed by atoms with Gasteiger partial charge in [-0.05, 0) is 31.5 Å². The van der Waals surface area contributed by atoms with Gasteiger partial charge in [0.25, 0.3) is 0 Å². The molecule has 1 aromatic carbocycles. The summed E-state index contributed by atoms with van der Waals surface area (Å²) in [6.45, 7) is 5.98. The Morgan fingerprint density at radius 2 is 1.79 bits per heavy atom. The fourth-order valence-electron chi connectivity index (χ4n) is 2.82. The highest BCUT2D eigenvalue weighted by Gasteiger charge is 2.08. The Balaban J connectivity index is 1.78. The van der Waals surface area contributed by atoms with Gasteiger partial charge in [0.2, 0.25) is 0 Å². The molecule has 2 rings (SSSR count). The van der Waals surface area contributed by atoms with Crippen LogP contribution in [0.5, 0.6) is 5.75 Å². The van der Waals surface area contributed by atoms with Gasteiger partial charge in [0.15, 0.2) is 0 Å². The number of hydrogen-bond donors (Lipinski definition) is 0. The van der Waals surface area contributed by atoms with E-state index in [4.69, 9.17) is 16.3 Å². The predicted octanol–water partition coefficient (Wildman–Crippen LogP) is 6.35. The van der Waals surface area contributed by atoms with Gasteiger partial charge in [-0.25, -0.2) is 4.98 Å². The van der Waals surface area contributed by atoms with Crippen LogP contribution in [0.15, 0.2) is 30.6 Å². The van der Waals surface area contributed by atoms with Crippen LogP contribution in [0.4, 0.5) is 0 Å². The molecule has 0 saturated heterocycles. The molecule has 0 fully saturated rings. The van der Waals surface area contributed by atoms with Crippen LogP contribution in [-0.4, -0.2) is 16.2 Å². The second kappa shape index (κ2) is 10.4. The number of halogens is 1. The van der Waals surface area contributed by atoms with E-state index < -0.39 is 0 Å². The van der Waals surface area contributed by atoms with Gasteiger partial charge in [0.05, 0.1) is 11.6 Å². The number of benzene rings is 1. The van der Waals surface area contributed by atoms with E-state index in [1.165, 1.54) is 38.5 Å². The van der Waals surface area contributed by atoms with Gasteiger partial charge in [-0.3, -0.25) is 0 Å². The minimum Gasteiger partial charge on any atom is -0.492 e. The molecule has 2 aromatic rings. The standard InChI is InChI=1S/C20H29ClN2O/c1-3-5-6-7-8-9-10-15-24-19-12-11-17(16-18(19)21)20-22-13-14-23(20)4-2/h11-14,16H,3-10,15H2,1-2H3. The molecule has 0 aliphatic heterocycles. The van der Waals surface area contributed by atoms with Crippen LogP contribution >= 0.6 is 11.6 Å². The van der Waals surface area contributed by atoms with Crippen LogP contribution in [-0.2, 0) is 6.54 Å². The van der Waals surface area contributed by atoms with Crippen molar-refractivity contribution in [2.75, 3.05) is 6.61 Å². The molecule has 0 aliphatic rings. The van der Waals surface area contributed by atoms with Gasteiger partial charge < -0.3 is 9.30 Å². The number of aromatic nitrogens is 2. The van der Waals surface area contributed by atoms with E-state index in [1.54, 1.807) is 0 Å². The first kappa shape index (κ1) is 18.9. The number of aryl methyl sites for hydroxylation is 1. The molecule has 0 atom stereocenters. The summed E-state index contributed by atoms with van der Waals surface area (Å²) in [7, 11) is 0. The molecule has 0 radical (unpaired) electrons. The van der Waals surface area contributed by atoms with E-state index in [0.717, 1.165) is 36.7 Å². The fraction of sp³-hybridized carbons (Fsp3) is 0.550. The van der Waals surface area contributed by atoms with Gasteiger partial charge in [-0.2, -0.15) is 0 Å². The summed E-state index contributed by atoms with van der Waals surface area (Å²) in [4.78, 5) is 4.41. The van der Waals surface area contributed by atoms with Gasteiger partial charge >= 0.3 is 0 Å². The first-order valence-corrected chi connectivity index (χ1v) is 9.58. The monoisotopic (exact) mass is 348 g/mol. The van der Waals surface area contributed by atoms with E-state index >= 15 is 0 Å². The third kappa shape index (κ3) is 5.55. The number of nitrogens with zero attached hydrogens (tertiary/aromatic N) is 2. The molecule has 4 heteroatoms. The predicted molar refractivity (Wildman–Crippen MR) is 102 cm³/mol. The molecule has 0 unspecified atom stereocenters. The van der Waals surface area contributed by atoms with Gasteiger partial charge in [0.1, 0.15) is 11.6 Å². The fourth-order valence-corrected chi connectivity index (χ4v) is 3.06. The van der Waals surface area contributed by atoms with Crippen molar-refractivity contribution in [3.05, 3.63) is 35.6 Å². The number of ether oxygens (including phenoxy) is 1. The average Bonchev–Trinajstić information content (AvgIpc) is 3.07. The van der Waals surface area contributed by atoms with Crippen molar-refractivity contribution in [2.24, 2.45) is 0 Å². The van der Waals surface area contributed by atoms with Gasteiger partial charge in [-0.15, -0.1) is 0 Å². The summed E-state index contributed by atoms with van der Waals surface area (Å²) >= 11 is 6.38. The average molecular weight is 349 g/mol. The number of rotatable bonds is 11. The molecule has 1 aromatic heterocycles. The van der Waals surface area contributed by atoms with Crippen molar-refractivity contribution in [3.63, 3.8) is 0 Å². The molecule has 0 spiro atoms. The van der Waals surface area contributed by atoms with Crippen LogP contribution < -0.4 is 4.74 Å². The SMILES string of the molecule is CCCCCCCCCOc1ccc(-c2nccn2CC)cc1Cl. The largest absolute Gasteiger partial charge is 0.492 e. The molecule has 0 amide bonds. The van der Waals surface area contributed by atoms with Crippen LogP contribution in [0.3, 0.4) is 0 Å². The minimum atomic E-state index is 0.654. The topological polar surface area (TPSA) is 27.1 Å². The smallest absolute Gasteiger partial charge is 0.139 e. The van der Waals surface area contributed by atoms with Crippen LogP contribution in [0.25, 0.3) is 11.4 Å². The lowest BCUT2D eigenvalue weighted by atomic mass is 10.1. The highest BCUT2D eigenvalue weighted by atomic mass is 35.5. The second-order valence-corrected chi connectivity index (χ2v) is 6.56. The summed E-state index contributed by atoms with van der Waals surface area (Å²) in [5.41, 5.74) is 1.02. The Bertz CT molecular complexity index is 609. The highest BCUT2D eigenvalue weighted by Crippen LogP contribution is 2.30. The summed E-state index contributed by atoms with van der Waals surface area (Å²) < 4.78 is 7.94. The van der Waals surface area contributed by atoms with Gasteiger partial charge in [0, 0.05) is 24.5 Å². The molecule has 24 heavy (non-hydrogen) atoms. The summed E-state index contributed by atoms with van der Waals surface area (Å²) in [6, 6.07) is 5.92. The quantitative estimate of drug-likeness (QED) is 0.442. The summed E-state index contributed by atoms with van der Waals surface area (Å²) in [6.07, 6.45) is 12.8. The number of imidazole rings is 1. The molecule has 3 nitrogen and oxygen atoms in total. The van der Waals surface area contributed by atoms with E-state index in [-0.39, 0.29) is 0 Å². The van der Waals surface area contributed by atoms with Crippen LogP contribution in [0.2, 0.25) is 5.02 Å². The minimum absolute atomic E-state index is 0.654. The van der Waals surface area contributed by atoms with Gasteiger partial charge in [-0.1, -0.05) is 57.0 Å². The Morgan fingerprint density at radius 1 is 1.04 bits per heavy atom. The second-order valence-electron chi connectivity index (χ2n) is 6.15. The highest BCUT2D eigenvalue weighted by molar-refractivity contribution is 6.32. The Morgan fingerprint density at radius 3 is 2.50 bits per heavy atom. The summed E-state index contributed by atoms with van der Waals surface area (Å²) in [5.74, 6) is 1.71. The van der Waals surface area contributed by atoms with E-state index in [1.807, 2.05) is 30.6 Å². The molecule has 1 heterocycles. The zero-order valence-electron chi connectivity index (χ0n) is 14.9. The zero-order chi connectivity index (χ0) is 17.2. The molecular formula is C20H29ClN2O. The van der Waals surface area contributed by atoms with E-state index in [0.29, 0.717) is 5.02 Å². The summed E-state index contributed by atoms with van der Waals surface area (Å²) in [5, 5.41) is 0.654. The lowest BCUT2D eigenvalue weighted by Gasteiger charge is -2.10. The maximum atomic E-state index is 6.38. The number of hydrogen-bond acceptors (Lipinski definition) is 2. The molecule has 0 bridgehead atoms. The molecular weight excluding hydrogens is 320 g/mol. The Kier molecular flexibility index (Phi) is 8.17. The zero-order valence-corrected chi connectivity index (χ0v) is 15.7. The van der Waals surface area contributed by atoms with Crippen molar-refractivity contribution in [1.82, 2.24) is 9.55 Å². The molecule has 0 aliphatic carbocycles. The molecule has 132 valence electrons. The normalized spacial score (nSPS) is 11.0. The van der Waals surface area contributed by atoms with Crippen LogP contribution in [0.1, 0.15) is 58.8 Å². The van der Waals surface area contributed by atoms with Crippen molar-refractivity contribution < 1.29 is 4.74 Å². The first-order valence-electron chi connectivity index (χ1n) is 9.20. The lowest BCUT2D eigenvalue weighted by Crippen LogP contribution is -1.99. The third-order valence-corrected chi connectivity index (χ3v) is 4.55. The van der Waals surface area contributed by atoms with E-state index in [2.05, 4.69) is 23.4 Å². The van der Waals surface area contributed by atoms with E-state index in [9.17, 15) is 0 Å². The first-order chi connectivity index (χ1) is 11.8. The Hall–Kier alpha value is -1.48.